The topological polar surface area (TPSA) is 80.4 Å². The first-order valence-corrected chi connectivity index (χ1v) is 14.2. The van der Waals surface area contributed by atoms with E-state index in [1.165, 1.54) is 11.1 Å². The molecule has 1 aromatic heterocycles. The van der Waals surface area contributed by atoms with E-state index in [1.54, 1.807) is 0 Å². The molecule has 5 nitrogen and oxygen atoms in total. The average molecular weight is 494 g/mol. The van der Waals surface area contributed by atoms with Crippen LogP contribution in [0, 0.1) is 51.2 Å². The highest BCUT2D eigenvalue weighted by atomic mass is 16.5. The lowest BCUT2D eigenvalue weighted by molar-refractivity contribution is -0.193. The Morgan fingerprint density at radius 3 is 2.47 bits per heavy atom. The molecule has 0 aromatic carbocycles. The Morgan fingerprint density at radius 2 is 1.78 bits per heavy atom. The van der Waals surface area contributed by atoms with Crippen molar-refractivity contribution in [1.82, 2.24) is 5.16 Å². The normalized spacial score (nSPS) is 49.0. The van der Waals surface area contributed by atoms with E-state index in [9.17, 15) is 14.7 Å². The highest BCUT2D eigenvalue weighted by Crippen LogP contribution is 2.74. The van der Waals surface area contributed by atoms with E-state index in [4.69, 9.17) is 4.52 Å². The number of aliphatic carboxylic acids is 1. The summed E-state index contributed by atoms with van der Waals surface area (Å²) < 4.78 is 5.78. The molecule has 5 aliphatic carbocycles. The Labute approximate surface area is 215 Å². The molecule has 1 heterocycles. The summed E-state index contributed by atoms with van der Waals surface area (Å²) in [5.41, 5.74) is 1.05. The number of nitrogens with zero attached hydrogens (tertiary/aromatic N) is 1. The molecule has 5 aliphatic rings. The molecule has 3 fully saturated rings. The van der Waals surface area contributed by atoms with Crippen molar-refractivity contribution in [3.8, 4) is 0 Å². The zero-order chi connectivity index (χ0) is 26.1. The summed E-state index contributed by atoms with van der Waals surface area (Å²) in [7, 11) is 0. The van der Waals surface area contributed by atoms with Crippen LogP contribution in [0.15, 0.2) is 22.4 Å². The van der Waals surface area contributed by atoms with Crippen LogP contribution >= 0.6 is 0 Å². The van der Waals surface area contributed by atoms with Crippen molar-refractivity contribution in [3.05, 3.63) is 29.2 Å². The molecule has 0 bridgehead atoms. The number of carboxylic acid groups (broad SMARTS) is 1. The lowest BCUT2D eigenvalue weighted by Crippen LogP contribution is -2.66. The van der Waals surface area contributed by atoms with E-state index in [2.05, 4.69) is 53.6 Å². The number of hydrogen-bond acceptors (Lipinski definition) is 4. The molecule has 5 heteroatoms. The molecule has 0 amide bonds. The van der Waals surface area contributed by atoms with Gasteiger partial charge in [0.05, 0.1) is 11.6 Å². The van der Waals surface area contributed by atoms with E-state index >= 15 is 0 Å². The van der Waals surface area contributed by atoms with Gasteiger partial charge < -0.3 is 9.63 Å². The first-order chi connectivity index (χ1) is 16.7. The number of ketones is 1. The number of allylic oxidation sites excluding steroid dienone is 2. The molecule has 9 atom stereocenters. The van der Waals surface area contributed by atoms with E-state index in [1.807, 2.05) is 12.3 Å². The molecule has 6 rings (SSSR count). The van der Waals surface area contributed by atoms with Gasteiger partial charge in [0, 0.05) is 16.9 Å². The van der Waals surface area contributed by atoms with Gasteiger partial charge in [-0.3, -0.25) is 9.59 Å². The van der Waals surface area contributed by atoms with Crippen LogP contribution in [0.4, 0.5) is 0 Å². The monoisotopic (exact) mass is 493 g/mol. The number of carbonyl (C=O) groups is 2. The van der Waals surface area contributed by atoms with Gasteiger partial charge in [-0.25, -0.2) is 0 Å². The second-order valence-corrected chi connectivity index (χ2v) is 14.6. The number of fused-ring (bicyclic) bond motifs is 8. The number of aromatic nitrogens is 1. The maximum atomic E-state index is 14.4. The van der Waals surface area contributed by atoms with Crippen molar-refractivity contribution in [2.45, 2.75) is 98.8 Å². The van der Waals surface area contributed by atoms with Gasteiger partial charge in [0.2, 0.25) is 0 Å². The Morgan fingerprint density at radius 1 is 1.06 bits per heavy atom. The van der Waals surface area contributed by atoms with Crippen LogP contribution in [0.2, 0.25) is 0 Å². The van der Waals surface area contributed by atoms with Gasteiger partial charge in [-0.05, 0) is 90.9 Å². The third-order valence-electron chi connectivity index (χ3n) is 13.1. The van der Waals surface area contributed by atoms with Gasteiger partial charge in [-0.1, -0.05) is 59.2 Å². The largest absolute Gasteiger partial charge is 0.481 e. The lowest BCUT2D eigenvalue weighted by atomic mass is 9.33. The van der Waals surface area contributed by atoms with Gasteiger partial charge in [0.1, 0.15) is 5.76 Å². The molecule has 0 saturated heterocycles. The second-order valence-electron chi connectivity index (χ2n) is 14.6. The predicted octanol–water partition coefficient (Wildman–Crippen LogP) is 6.61. The van der Waals surface area contributed by atoms with Crippen LogP contribution in [-0.2, 0) is 21.4 Å². The summed E-state index contributed by atoms with van der Waals surface area (Å²) >= 11 is 0. The lowest BCUT2D eigenvalue weighted by Gasteiger charge is -2.69. The fraction of sp³-hybridized carbons (Fsp3) is 0.774. The molecule has 196 valence electrons. The van der Waals surface area contributed by atoms with Gasteiger partial charge in [-0.2, -0.15) is 0 Å². The van der Waals surface area contributed by atoms with E-state index in [0.29, 0.717) is 24.7 Å². The zero-order valence-electron chi connectivity index (χ0n) is 23.1. The molecule has 0 unspecified atom stereocenters. The molecule has 1 N–H and O–H groups in total. The SMILES string of the molecule is C[C@@H]1[C@H]2[C@H]3C(=O)C=C4[C@@]5(C)Cc6cnoc6C(C)(C)[C@@H]5CC[C@@]4(C)[C@]3(C)CC[C@@]2(C(=O)O)CC[C@H]1C. The first kappa shape index (κ1) is 24.4. The number of rotatable bonds is 1. The van der Waals surface area contributed by atoms with Crippen molar-refractivity contribution < 1.29 is 19.2 Å². The van der Waals surface area contributed by atoms with Crippen LogP contribution in [0.5, 0.6) is 0 Å². The van der Waals surface area contributed by atoms with Crippen molar-refractivity contribution >= 4 is 11.8 Å². The molecule has 1 aromatic rings. The van der Waals surface area contributed by atoms with Gasteiger partial charge in [-0.15, -0.1) is 0 Å². The average Bonchev–Trinajstić information content (AvgIpc) is 3.27. The summed E-state index contributed by atoms with van der Waals surface area (Å²) in [6.45, 7) is 16.2. The number of carboxylic acids is 1. The highest BCUT2D eigenvalue weighted by Gasteiger charge is 2.71. The third kappa shape index (κ3) is 2.61. The van der Waals surface area contributed by atoms with E-state index in [0.717, 1.165) is 37.9 Å². The Kier molecular flexibility index (Phi) is 4.84. The van der Waals surface area contributed by atoms with Crippen molar-refractivity contribution in [1.29, 1.82) is 0 Å². The molecular formula is C31H43NO4. The predicted molar refractivity (Wildman–Crippen MR) is 137 cm³/mol. The minimum atomic E-state index is -0.765. The summed E-state index contributed by atoms with van der Waals surface area (Å²) in [5, 5.41) is 14.7. The van der Waals surface area contributed by atoms with Crippen LogP contribution in [0.1, 0.15) is 98.3 Å². The molecular weight excluding hydrogens is 450 g/mol. The second kappa shape index (κ2) is 7.14. The molecule has 0 aliphatic heterocycles. The van der Waals surface area contributed by atoms with Crippen LogP contribution in [-0.4, -0.2) is 22.0 Å². The summed E-state index contributed by atoms with van der Waals surface area (Å²) in [5.74, 6) is 1.23. The van der Waals surface area contributed by atoms with Crippen LogP contribution in [0.25, 0.3) is 0 Å². The maximum absolute atomic E-state index is 14.4. The summed E-state index contributed by atoms with van der Waals surface area (Å²) in [4.78, 5) is 27.2. The van der Waals surface area contributed by atoms with Crippen LogP contribution in [0.3, 0.4) is 0 Å². The Bertz CT molecular complexity index is 1180. The summed E-state index contributed by atoms with van der Waals surface area (Å²) in [6.07, 6.45) is 10.0. The van der Waals surface area contributed by atoms with E-state index in [-0.39, 0.29) is 45.2 Å². The quantitative estimate of drug-likeness (QED) is 0.476. The van der Waals surface area contributed by atoms with Crippen molar-refractivity contribution in [3.63, 3.8) is 0 Å². The fourth-order valence-electron chi connectivity index (χ4n) is 10.9. The van der Waals surface area contributed by atoms with E-state index < -0.39 is 11.4 Å². The van der Waals surface area contributed by atoms with Gasteiger partial charge in [0.15, 0.2) is 5.78 Å². The van der Waals surface area contributed by atoms with Crippen molar-refractivity contribution in [2.24, 2.45) is 51.2 Å². The smallest absolute Gasteiger partial charge is 0.309 e. The standard InChI is InChI=1S/C31H43NO4/c1-17-8-11-31(26(34)35)13-12-30(7)24(23(31)18(17)2)20(33)14-22-28(5)15-19-16-32-36-25(19)27(3,4)21(28)9-10-29(22,30)6/h14,16-18,21,23-24H,8-13,15H2,1-7H3,(H,34,35)/t17-,18+,21+,23+,24-,28+,29-,30-,31+/m1/s1. The number of hydrogen-bond donors (Lipinski definition) is 1. The Hall–Kier alpha value is -1.91. The minimum Gasteiger partial charge on any atom is -0.481 e. The van der Waals surface area contributed by atoms with Crippen LogP contribution < -0.4 is 0 Å². The Balaban J connectivity index is 1.53. The fourth-order valence-corrected chi connectivity index (χ4v) is 10.9. The maximum Gasteiger partial charge on any atom is 0.309 e. The third-order valence-corrected chi connectivity index (χ3v) is 13.1. The molecule has 36 heavy (non-hydrogen) atoms. The number of carbonyl (C=O) groups excluding carboxylic acids is 1. The molecule has 3 saturated carbocycles. The molecule has 0 radical (unpaired) electrons. The first-order valence-electron chi connectivity index (χ1n) is 14.2. The van der Waals surface area contributed by atoms with Crippen molar-refractivity contribution in [2.75, 3.05) is 0 Å². The molecule has 0 spiro atoms. The highest BCUT2D eigenvalue weighted by molar-refractivity contribution is 5.96. The minimum absolute atomic E-state index is 0.0994. The zero-order valence-corrected chi connectivity index (χ0v) is 23.1. The van der Waals surface area contributed by atoms with Gasteiger partial charge in [0.25, 0.3) is 0 Å². The summed E-state index contributed by atoms with van der Waals surface area (Å²) in [6, 6.07) is 0. The van der Waals surface area contributed by atoms with Gasteiger partial charge >= 0.3 is 5.97 Å².